The molecule has 3 aromatic rings. The fourth-order valence-electron chi connectivity index (χ4n) is 4.34. The van der Waals surface area contributed by atoms with Crippen LogP contribution in [0.2, 0.25) is 5.02 Å². The molecule has 0 aliphatic carbocycles. The fraction of sp³-hybridized carbons (Fsp3) is 0.261. The first kappa shape index (κ1) is 26.2. The SMILES string of the molecule is NC(=O)n1cc(NC(=O)N2CC[C@@H](N)[C@H]2C(=O)N[C@@H](c2cccc(Cl)c2F)C(F)(F)F)c2ccccc21. The highest BCUT2D eigenvalue weighted by atomic mass is 35.5. The van der Waals surface area contributed by atoms with E-state index in [-0.39, 0.29) is 18.7 Å². The minimum Gasteiger partial charge on any atom is -0.351 e. The molecule has 4 rings (SSSR count). The van der Waals surface area contributed by atoms with Crippen LogP contribution in [0.1, 0.15) is 18.0 Å². The quantitative estimate of drug-likeness (QED) is 0.375. The van der Waals surface area contributed by atoms with Gasteiger partial charge in [0.05, 0.1) is 16.2 Å². The number of halogens is 5. The number of benzene rings is 2. The van der Waals surface area contributed by atoms with Crippen molar-refractivity contribution in [2.45, 2.75) is 30.7 Å². The van der Waals surface area contributed by atoms with Gasteiger partial charge in [-0.1, -0.05) is 41.9 Å². The third kappa shape index (κ3) is 5.04. The zero-order valence-electron chi connectivity index (χ0n) is 18.9. The average Bonchev–Trinajstić information content (AvgIpc) is 3.40. The molecule has 1 aliphatic rings. The van der Waals surface area contributed by atoms with Gasteiger partial charge in [-0.15, -0.1) is 0 Å². The highest BCUT2D eigenvalue weighted by Crippen LogP contribution is 2.36. The summed E-state index contributed by atoms with van der Waals surface area (Å²) in [4.78, 5) is 38.9. The minimum absolute atomic E-state index is 0.0399. The average molecular weight is 541 g/mol. The van der Waals surface area contributed by atoms with E-state index in [1.807, 2.05) is 0 Å². The molecular formula is C23H21ClF4N6O3. The van der Waals surface area contributed by atoms with E-state index in [0.29, 0.717) is 10.9 Å². The second kappa shape index (κ2) is 9.90. The Morgan fingerprint density at radius 1 is 1.11 bits per heavy atom. The Kier molecular flexibility index (Phi) is 7.02. The van der Waals surface area contributed by atoms with Crippen LogP contribution in [0.4, 0.5) is 32.8 Å². The Morgan fingerprint density at radius 2 is 1.81 bits per heavy atom. The van der Waals surface area contributed by atoms with E-state index in [1.165, 1.54) is 6.20 Å². The number of fused-ring (bicyclic) bond motifs is 1. The van der Waals surface area contributed by atoms with Gasteiger partial charge < -0.3 is 27.0 Å². The summed E-state index contributed by atoms with van der Waals surface area (Å²) in [6, 6.07) is 2.75. The van der Waals surface area contributed by atoms with Crippen LogP contribution in [0.25, 0.3) is 10.9 Å². The van der Waals surface area contributed by atoms with Crippen LogP contribution in [-0.4, -0.2) is 52.2 Å². The topological polar surface area (TPSA) is 135 Å². The largest absolute Gasteiger partial charge is 0.412 e. The zero-order valence-corrected chi connectivity index (χ0v) is 19.7. The van der Waals surface area contributed by atoms with Gasteiger partial charge in [0, 0.05) is 29.7 Å². The minimum atomic E-state index is -5.08. The van der Waals surface area contributed by atoms with E-state index >= 15 is 0 Å². The van der Waals surface area contributed by atoms with Gasteiger partial charge in [-0.25, -0.2) is 14.0 Å². The number of hydrogen-bond acceptors (Lipinski definition) is 4. The molecule has 2 aromatic carbocycles. The summed E-state index contributed by atoms with van der Waals surface area (Å²) in [5.41, 5.74) is 11.1. The maximum absolute atomic E-state index is 14.4. The van der Waals surface area contributed by atoms with Crippen molar-refractivity contribution >= 4 is 46.2 Å². The van der Waals surface area contributed by atoms with Crippen LogP contribution in [0, 0.1) is 5.82 Å². The van der Waals surface area contributed by atoms with Crippen LogP contribution in [0.5, 0.6) is 0 Å². The van der Waals surface area contributed by atoms with Crippen LogP contribution in [-0.2, 0) is 4.79 Å². The molecule has 0 bridgehead atoms. The molecule has 0 unspecified atom stereocenters. The molecule has 3 atom stereocenters. The molecule has 37 heavy (non-hydrogen) atoms. The Morgan fingerprint density at radius 3 is 2.49 bits per heavy atom. The Balaban J connectivity index is 1.59. The van der Waals surface area contributed by atoms with E-state index in [9.17, 15) is 31.9 Å². The lowest BCUT2D eigenvalue weighted by Crippen LogP contribution is -2.55. The number of primary amides is 1. The molecule has 0 radical (unpaired) electrons. The third-order valence-electron chi connectivity index (χ3n) is 6.07. The number of carbonyl (C=O) groups excluding carboxylic acids is 3. The molecule has 6 N–H and O–H groups in total. The van der Waals surface area contributed by atoms with E-state index in [2.05, 4.69) is 5.32 Å². The van der Waals surface area contributed by atoms with Crippen molar-refractivity contribution in [3.63, 3.8) is 0 Å². The van der Waals surface area contributed by atoms with Crippen LogP contribution in [0.15, 0.2) is 48.7 Å². The van der Waals surface area contributed by atoms with E-state index in [0.717, 1.165) is 27.7 Å². The first-order chi connectivity index (χ1) is 17.4. The number of aromatic nitrogens is 1. The predicted molar refractivity (Wildman–Crippen MR) is 127 cm³/mol. The third-order valence-corrected chi connectivity index (χ3v) is 6.36. The molecule has 1 aromatic heterocycles. The van der Waals surface area contributed by atoms with Crippen LogP contribution < -0.4 is 22.1 Å². The maximum Gasteiger partial charge on any atom is 0.412 e. The monoisotopic (exact) mass is 540 g/mol. The number of nitrogens with zero attached hydrogens (tertiary/aromatic N) is 2. The number of urea groups is 1. The summed E-state index contributed by atoms with van der Waals surface area (Å²) in [7, 11) is 0. The van der Waals surface area contributed by atoms with Gasteiger partial charge >= 0.3 is 18.2 Å². The number of likely N-dealkylation sites (tertiary alicyclic amines) is 1. The van der Waals surface area contributed by atoms with Crippen molar-refractivity contribution in [1.82, 2.24) is 14.8 Å². The molecule has 4 amide bonds. The maximum atomic E-state index is 14.4. The second-order valence-corrected chi connectivity index (χ2v) is 8.82. The van der Waals surface area contributed by atoms with Crippen molar-refractivity contribution in [2.75, 3.05) is 11.9 Å². The standard InChI is InChI=1S/C23H21ClF4N6O3/c24-13-6-3-5-12(17(13)25)19(23(26,27)28)32-20(35)18-14(29)8-9-33(18)22(37)31-15-10-34(21(30)36)16-7-2-1-4-11(15)16/h1-7,10,14,18-19H,8-9,29H2,(H2,30,36)(H,31,37)(H,32,35)/t14-,18+,19+/m1/s1. The number of carbonyl (C=O) groups is 3. The van der Waals surface area contributed by atoms with Crippen LogP contribution >= 0.6 is 11.6 Å². The Labute approximate surface area is 212 Å². The Hall–Kier alpha value is -3.84. The number of nitrogens with one attached hydrogen (secondary N) is 2. The number of amides is 4. The summed E-state index contributed by atoms with van der Waals surface area (Å²) in [6.45, 7) is -0.0399. The lowest BCUT2D eigenvalue weighted by molar-refractivity contribution is -0.165. The van der Waals surface area contributed by atoms with Crippen molar-refractivity contribution < 1.29 is 31.9 Å². The molecule has 1 aliphatic heterocycles. The highest BCUT2D eigenvalue weighted by Gasteiger charge is 2.47. The zero-order chi connectivity index (χ0) is 27.1. The molecule has 1 fully saturated rings. The van der Waals surface area contributed by atoms with Gasteiger partial charge in [-0.3, -0.25) is 9.36 Å². The summed E-state index contributed by atoms with van der Waals surface area (Å²) < 4.78 is 57.0. The molecule has 9 nitrogen and oxygen atoms in total. The molecule has 2 heterocycles. The first-order valence-electron chi connectivity index (χ1n) is 10.9. The lowest BCUT2D eigenvalue weighted by Gasteiger charge is -2.29. The van der Waals surface area contributed by atoms with E-state index in [4.69, 9.17) is 23.1 Å². The van der Waals surface area contributed by atoms with Crippen molar-refractivity contribution in [3.8, 4) is 0 Å². The molecule has 0 saturated carbocycles. The summed E-state index contributed by atoms with van der Waals surface area (Å²) >= 11 is 5.63. The van der Waals surface area contributed by atoms with Gasteiger partial charge in [-0.2, -0.15) is 13.2 Å². The number of nitrogens with two attached hydrogens (primary N) is 2. The van der Waals surface area contributed by atoms with Crippen molar-refractivity contribution in [1.29, 1.82) is 0 Å². The second-order valence-electron chi connectivity index (χ2n) is 8.42. The molecule has 1 saturated heterocycles. The van der Waals surface area contributed by atoms with Gasteiger partial charge in [-0.05, 0) is 18.6 Å². The Bertz CT molecular complexity index is 1380. The van der Waals surface area contributed by atoms with E-state index < -0.39 is 58.7 Å². The predicted octanol–water partition coefficient (Wildman–Crippen LogP) is 3.71. The van der Waals surface area contributed by atoms with Gasteiger partial charge in [0.15, 0.2) is 6.04 Å². The lowest BCUT2D eigenvalue weighted by atomic mass is 10.0. The summed E-state index contributed by atoms with van der Waals surface area (Å²) in [5.74, 6) is -2.55. The number of rotatable bonds is 4. The normalized spacial score (nSPS) is 18.6. The van der Waals surface area contributed by atoms with E-state index in [1.54, 1.807) is 29.6 Å². The first-order valence-corrected chi connectivity index (χ1v) is 11.3. The fourth-order valence-corrected chi connectivity index (χ4v) is 4.52. The van der Waals surface area contributed by atoms with Crippen molar-refractivity contribution in [3.05, 3.63) is 65.1 Å². The number of alkyl halides is 3. The molecule has 196 valence electrons. The highest BCUT2D eigenvalue weighted by molar-refractivity contribution is 6.30. The molecular weight excluding hydrogens is 520 g/mol. The summed E-state index contributed by atoms with van der Waals surface area (Å²) in [5, 5.41) is 4.26. The van der Waals surface area contributed by atoms with Gasteiger partial charge in [0.2, 0.25) is 5.91 Å². The smallest absolute Gasteiger partial charge is 0.351 e. The molecule has 0 spiro atoms. The van der Waals surface area contributed by atoms with Crippen LogP contribution in [0.3, 0.4) is 0 Å². The van der Waals surface area contributed by atoms with Crippen molar-refractivity contribution in [2.24, 2.45) is 11.5 Å². The number of hydrogen-bond donors (Lipinski definition) is 4. The molecule has 14 heteroatoms. The number of para-hydroxylation sites is 1. The van der Waals surface area contributed by atoms with Gasteiger partial charge in [0.25, 0.3) is 0 Å². The number of anilines is 1. The van der Waals surface area contributed by atoms with Gasteiger partial charge in [0.1, 0.15) is 11.9 Å². The summed E-state index contributed by atoms with van der Waals surface area (Å²) in [6.07, 6.45) is -3.66.